The van der Waals surface area contributed by atoms with E-state index >= 15 is 0 Å². The second kappa shape index (κ2) is 7.07. The summed E-state index contributed by atoms with van der Waals surface area (Å²) in [5.74, 6) is 1.56. The van der Waals surface area contributed by atoms with E-state index < -0.39 is 6.10 Å². The minimum atomic E-state index is -0.571. The van der Waals surface area contributed by atoms with Gasteiger partial charge in [-0.3, -0.25) is 0 Å². The van der Waals surface area contributed by atoms with Gasteiger partial charge in [-0.25, -0.2) is 0 Å². The van der Waals surface area contributed by atoms with Crippen LogP contribution in [0.2, 0.25) is 0 Å². The highest BCUT2D eigenvalue weighted by atomic mass is 16.5. The van der Waals surface area contributed by atoms with Crippen molar-refractivity contribution in [3.05, 3.63) is 47.3 Å². The highest BCUT2D eigenvalue weighted by Crippen LogP contribution is 2.19. The van der Waals surface area contributed by atoms with Crippen molar-refractivity contribution in [2.75, 3.05) is 13.2 Å². The van der Waals surface area contributed by atoms with Crippen LogP contribution in [0.4, 0.5) is 0 Å². The third-order valence-corrected chi connectivity index (χ3v) is 2.95. The summed E-state index contributed by atoms with van der Waals surface area (Å²) in [4.78, 5) is 0. The molecule has 2 N–H and O–H groups in total. The molecule has 1 unspecified atom stereocenters. The standard InChI is InChI=1S/C15H20N2O3/c1-11-3-4-12(2)15(7-11)19-10-13(18)8-16-9-14-5-6-17-20-14/h3-7,13,16,18H,8-10H2,1-2H3. The van der Waals surface area contributed by atoms with Gasteiger partial charge in [0.25, 0.3) is 0 Å². The fourth-order valence-corrected chi connectivity index (χ4v) is 1.80. The van der Waals surface area contributed by atoms with Gasteiger partial charge in [0.1, 0.15) is 24.2 Å². The van der Waals surface area contributed by atoms with Crippen LogP contribution in [-0.2, 0) is 6.54 Å². The molecule has 0 bridgehead atoms. The molecule has 0 saturated carbocycles. The monoisotopic (exact) mass is 276 g/mol. The Morgan fingerprint density at radius 2 is 2.20 bits per heavy atom. The van der Waals surface area contributed by atoms with E-state index in [1.54, 1.807) is 12.3 Å². The topological polar surface area (TPSA) is 67.5 Å². The summed E-state index contributed by atoms with van der Waals surface area (Å²) in [6, 6.07) is 7.81. The number of hydrogen-bond acceptors (Lipinski definition) is 5. The van der Waals surface area contributed by atoms with E-state index in [0.717, 1.165) is 22.6 Å². The lowest BCUT2D eigenvalue weighted by Gasteiger charge is -2.14. The Hall–Kier alpha value is -1.85. The number of aliphatic hydroxyl groups is 1. The summed E-state index contributed by atoms with van der Waals surface area (Å²) >= 11 is 0. The Labute approximate surface area is 118 Å². The summed E-state index contributed by atoms with van der Waals surface area (Å²) in [5, 5.41) is 16.6. The Kier molecular flexibility index (Phi) is 5.15. The van der Waals surface area contributed by atoms with E-state index in [4.69, 9.17) is 9.26 Å². The molecular weight excluding hydrogens is 256 g/mol. The molecule has 0 aliphatic rings. The lowest BCUT2D eigenvalue weighted by Crippen LogP contribution is -2.31. The molecule has 1 atom stereocenters. The largest absolute Gasteiger partial charge is 0.491 e. The summed E-state index contributed by atoms with van der Waals surface area (Å²) in [7, 11) is 0. The van der Waals surface area contributed by atoms with Crippen LogP contribution in [0.3, 0.4) is 0 Å². The average Bonchev–Trinajstić information content (AvgIpc) is 2.93. The lowest BCUT2D eigenvalue weighted by atomic mass is 10.1. The molecule has 0 aliphatic carbocycles. The predicted octanol–water partition coefficient (Wildman–Crippen LogP) is 1.82. The number of ether oxygens (including phenoxy) is 1. The molecule has 1 heterocycles. The van der Waals surface area contributed by atoms with Crippen LogP contribution in [0.25, 0.3) is 0 Å². The van der Waals surface area contributed by atoms with Gasteiger partial charge in [-0.2, -0.15) is 0 Å². The Bertz CT molecular complexity index is 526. The normalized spacial score (nSPS) is 12.3. The molecule has 0 amide bonds. The van der Waals surface area contributed by atoms with Gasteiger partial charge >= 0.3 is 0 Å². The number of nitrogens with one attached hydrogen (secondary N) is 1. The van der Waals surface area contributed by atoms with Gasteiger partial charge in [0, 0.05) is 12.6 Å². The molecule has 2 aromatic rings. The van der Waals surface area contributed by atoms with Crippen LogP contribution in [0, 0.1) is 13.8 Å². The zero-order valence-electron chi connectivity index (χ0n) is 11.8. The van der Waals surface area contributed by atoms with Gasteiger partial charge in [-0.1, -0.05) is 17.3 Å². The van der Waals surface area contributed by atoms with Gasteiger partial charge in [0.2, 0.25) is 0 Å². The molecule has 0 radical (unpaired) electrons. The maximum absolute atomic E-state index is 9.87. The fourth-order valence-electron chi connectivity index (χ4n) is 1.80. The molecular formula is C15H20N2O3. The molecule has 20 heavy (non-hydrogen) atoms. The molecule has 0 aliphatic heterocycles. The SMILES string of the molecule is Cc1ccc(C)c(OCC(O)CNCc2ccno2)c1. The number of aromatic nitrogens is 1. The van der Waals surface area contributed by atoms with Crippen molar-refractivity contribution in [3.63, 3.8) is 0 Å². The van der Waals surface area contributed by atoms with Crippen molar-refractivity contribution < 1.29 is 14.4 Å². The van der Waals surface area contributed by atoms with E-state index in [2.05, 4.69) is 10.5 Å². The van der Waals surface area contributed by atoms with E-state index in [1.807, 2.05) is 32.0 Å². The lowest BCUT2D eigenvalue weighted by molar-refractivity contribution is 0.105. The van der Waals surface area contributed by atoms with Crippen molar-refractivity contribution in [1.82, 2.24) is 10.5 Å². The minimum Gasteiger partial charge on any atom is -0.491 e. The quantitative estimate of drug-likeness (QED) is 0.807. The van der Waals surface area contributed by atoms with E-state index in [1.165, 1.54) is 0 Å². The molecule has 2 rings (SSSR count). The van der Waals surface area contributed by atoms with Crippen LogP contribution in [0.15, 0.2) is 35.0 Å². The first kappa shape index (κ1) is 14.6. The highest BCUT2D eigenvalue weighted by molar-refractivity contribution is 5.35. The van der Waals surface area contributed by atoms with Crippen LogP contribution in [-0.4, -0.2) is 29.5 Å². The number of hydrogen-bond donors (Lipinski definition) is 2. The van der Waals surface area contributed by atoms with Crippen molar-refractivity contribution in [3.8, 4) is 5.75 Å². The summed E-state index contributed by atoms with van der Waals surface area (Å²) < 4.78 is 10.6. The number of nitrogens with zero attached hydrogens (tertiary/aromatic N) is 1. The zero-order valence-corrected chi connectivity index (χ0v) is 11.8. The molecule has 5 heteroatoms. The van der Waals surface area contributed by atoms with E-state index in [9.17, 15) is 5.11 Å². The summed E-state index contributed by atoms with van der Waals surface area (Å²) in [5.41, 5.74) is 2.21. The Morgan fingerprint density at radius 1 is 1.35 bits per heavy atom. The van der Waals surface area contributed by atoms with Gasteiger partial charge < -0.3 is 19.7 Å². The Balaban J connectivity index is 1.71. The number of rotatable bonds is 7. The molecule has 0 saturated heterocycles. The van der Waals surface area contributed by atoms with Crippen molar-refractivity contribution >= 4 is 0 Å². The van der Waals surface area contributed by atoms with Gasteiger partial charge in [-0.05, 0) is 31.0 Å². The highest BCUT2D eigenvalue weighted by Gasteiger charge is 2.07. The maximum atomic E-state index is 9.87. The van der Waals surface area contributed by atoms with Gasteiger partial charge in [-0.15, -0.1) is 0 Å². The molecule has 108 valence electrons. The molecule has 0 spiro atoms. The molecule has 5 nitrogen and oxygen atoms in total. The molecule has 1 aromatic carbocycles. The zero-order chi connectivity index (χ0) is 14.4. The Morgan fingerprint density at radius 3 is 2.95 bits per heavy atom. The number of aliphatic hydroxyl groups excluding tert-OH is 1. The third-order valence-electron chi connectivity index (χ3n) is 2.95. The van der Waals surface area contributed by atoms with Crippen molar-refractivity contribution in [2.24, 2.45) is 0 Å². The summed E-state index contributed by atoms with van der Waals surface area (Å²) in [6.45, 7) is 5.24. The number of aryl methyl sites for hydroxylation is 2. The fraction of sp³-hybridized carbons (Fsp3) is 0.400. The van der Waals surface area contributed by atoms with Crippen molar-refractivity contribution in [2.45, 2.75) is 26.5 Å². The molecule has 1 aromatic heterocycles. The number of benzene rings is 1. The van der Waals surface area contributed by atoms with Crippen LogP contribution >= 0.6 is 0 Å². The van der Waals surface area contributed by atoms with Crippen LogP contribution in [0.5, 0.6) is 5.75 Å². The maximum Gasteiger partial charge on any atom is 0.150 e. The van der Waals surface area contributed by atoms with E-state index in [-0.39, 0.29) is 6.61 Å². The third kappa shape index (κ3) is 4.36. The van der Waals surface area contributed by atoms with Gasteiger partial charge in [0.15, 0.2) is 0 Å². The van der Waals surface area contributed by atoms with Crippen LogP contribution < -0.4 is 10.1 Å². The second-order valence-corrected chi connectivity index (χ2v) is 4.84. The van der Waals surface area contributed by atoms with E-state index in [0.29, 0.717) is 13.1 Å². The second-order valence-electron chi connectivity index (χ2n) is 4.84. The van der Waals surface area contributed by atoms with Crippen molar-refractivity contribution in [1.29, 1.82) is 0 Å². The predicted molar refractivity (Wildman–Crippen MR) is 75.6 cm³/mol. The first-order chi connectivity index (χ1) is 9.65. The van der Waals surface area contributed by atoms with Crippen LogP contribution in [0.1, 0.15) is 16.9 Å². The molecule has 0 fully saturated rings. The summed E-state index contributed by atoms with van der Waals surface area (Å²) in [6.07, 6.45) is 1.02. The average molecular weight is 276 g/mol. The first-order valence-electron chi connectivity index (χ1n) is 6.63. The smallest absolute Gasteiger partial charge is 0.150 e. The minimum absolute atomic E-state index is 0.258. The van der Waals surface area contributed by atoms with Gasteiger partial charge in [0.05, 0.1) is 12.7 Å². The first-order valence-corrected chi connectivity index (χ1v) is 6.63.